The van der Waals surface area contributed by atoms with Crippen molar-refractivity contribution in [2.75, 3.05) is 18.0 Å². The molecule has 2 saturated heterocycles. The number of benzene rings is 2. The average molecular weight is 428 g/mol. The van der Waals surface area contributed by atoms with Crippen molar-refractivity contribution < 1.29 is 9.53 Å². The van der Waals surface area contributed by atoms with E-state index in [2.05, 4.69) is 44.1 Å². The molecule has 2 fully saturated rings. The molecule has 162 valence electrons. The molecule has 2 aromatic carbocycles. The Labute approximate surface area is 186 Å². The van der Waals surface area contributed by atoms with Crippen LogP contribution in [0.1, 0.15) is 24.8 Å². The van der Waals surface area contributed by atoms with Crippen LogP contribution in [0, 0.1) is 0 Å². The number of carbonyl (C=O) groups excluding carboxylic acids is 1. The quantitative estimate of drug-likeness (QED) is 0.521. The van der Waals surface area contributed by atoms with Crippen LogP contribution in [-0.2, 0) is 11.3 Å². The highest BCUT2D eigenvalue weighted by atomic mass is 16.6. The Morgan fingerprint density at radius 1 is 1.03 bits per heavy atom. The molecule has 4 heterocycles. The number of piperidine rings is 1. The van der Waals surface area contributed by atoms with E-state index in [0.29, 0.717) is 0 Å². The van der Waals surface area contributed by atoms with E-state index in [9.17, 15) is 4.79 Å². The van der Waals surface area contributed by atoms with Gasteiger partial charge < -0.3 is 19.5 Å². The maximum Gasteiger partial charge on any atom is 0.410 e. The minimum Gasteiger partial charge on any atom is -0.445 e. The van der Waals surface area contributed by atoms with Gasteiger partial charge in [0.1, 0.15) is 24.4 Å². The molecule has 0 saturated carbocycles. The van der Waals surface area contributed by atoms with Gasteiger partial charge in [0.15, 0.2) is 0 Å². The van der Waals surface area contributed by atoms with Gasteiger partial charge in [0.05, 0.1) is 17.5 Å². The molecular formula is C25H25N5O2. The lowest BCUT2D eigenvalue weighted by molar-refractivity contribution is 0.0673. The molecule has 2 atom stereocenters. The number of anilines is 1. The summed E-state index contributed by atoms with van der Waals surface area (Å²) in [5, 5.41) is 3.38. The lowest BCUT2D eigenvalue weighted by Gasteiger charge is -2.39. The average Bonchev–Trinajstić information content (AvgIpc) is 3.49. The van der Waals surface area contributed by atoms with Crippen LogP contribution in [0.3, 0.4) is 0 Å². The number of fused-ring (bicyclic) bond motifs is 3. The predicted octanol–water partition coefficient (Wildman–Crippen LogP) is 4.49. The molecule has 2 unspecified atom stereocenters. The highest BCUT2D eigenvalue weighted by molar-refractivity contribution is 5.87. The highest BCUT2D eigenvalue weighted by Gasteiger charge is 2.43. The molecule has 2 aromatic heterocycles. The van der Waals surface area contributed by atoms with Crippen molar-refractivity contribution in [1.29, 1.82) is 0 Å². The maximum absolute atomic E-state index is 13.0. The fourth-order valence-corrected chi connectivity index (χ4v) is 5.32. The van der Waals surface area contributed by atoms with E-state index in [0.717, 1.165) is 60.2 Å². The Bertz CT molecular complexity index is 1290. The normalized spacial score (nSPS) is 20.6. The van der Waals surface area contributed by atoms with E-state index in [-0.39, 0.29) is 24.8 Å². The molecule has 0 radical (unpaired) electrons. The zero-order valence-electron chi connectivity index (χ0n) is 17.8. The van der Waals surface area contributed by atoms with Gasteiger partial charge in [0, 0.05) is 19.3 Å². The van der Waals surface area contributed by atoms with Crippen molar-refractivity contribution in [2.24, 2.45) is 0 Å². The maximum atomic E-state index is 13.0. The Kier molecular flexibility index (Phi) is 4.67. The second-order valence-electron chi connectivity index (χ2n) is 8.63. The van der Waals surface area contributed by atoms with Gasteiger partial charge in [0.25, 0.3) is 0 Å². The van der Waals surface area contributed by atoms with Gasteiger partial charge in [0.2, 0.25) is 0 Å². The van der Waals surface area contributed by atoms with Crippen LogP contribution in [0.25, 0.3) is 21.8 Å². The number of ether oxygens (including phenoxy) is 1. The van der Waals surface area contributed by atoms with Crippen molar-refractivity contribution in [3.8, 4) is 0 Å². The number of rotatable bonds is 3. The first-order chi connectivity index (χ1) is 15.8. The van der Waals surface area contributed by atoms with Gasteiger partial charge >= 0.3 is 6.09 Å². The second kappa shape index (κ2) is 7.82. The Morgan fingerprint density at radius 3 is 2.88 bits per heavy atom. The lowest BCUT2D eigenvalue weighted by Crippen LogP contribution is -2.52. The SMILES string of the molecule is O=C(OCc1ccc2ccccc2c1)N1CCCC2C1CCN2c1ncnc2[nH]ccc12. The molecule has 2 aliphatic heterocycles. The number of hydrogen-bond donors (Lipinski definition) is 1. The monoisotopic (exact) mass is 427 g/mol. The van der Waals surface area contributed by atoms with Gasteiger partial charge in [-0.2, -0.15) is 0 Å². The number of hydrogen-bond acceptors (Lipinski definition) is 5. The summed E-state index contributed by atoms with van der Waals surface area (Å²) in [7, 11) is 0. The van der Waals surface area contributed by atoms with E-state index in [1.54, 1.807) is 6.33 Å². The van der Waals surface area contributed by atoms with Gasteiger partial charge in [-0.3, -0.25) is 0 Å². The van der Waals surface area contributed by atoms with Crippen LogP contribution in [0.4, 0.5) is 10.6 Å². The van der Waals surface area contributed by atoms with Crippen LogP contribution in [0.2, 0.25) is 0 Å². The van der Waals surface area contributed by atoms with Crippen LogP contribution in [0.15, 0.2) is 61.1 Å². The molecule has 2 aliphatic rings. The fraction of sp³-hybridized carbons (Fsp3) is 0.320. The molecule has 1 N–H and O–H groups in total. The van der Waals surface area contributed by atoms with E-state index in [1.165, 1.54) is 5.39 Å². The molecule has 0 spiro atoms. The first kappa shape index (κ1) is 19.1. The number of likely N-dealkylation sites (tertiary alicyclic amines) is 1. The third-order valence-corrected chi connectivity index (χ3v) is 6.83. The first-order valence-corrected chi connectivity index (χ1v) is 11.2. The van der Waals surface area contributed by atoms with Crippen molar-refractivity contribution in [3.63, 3.8) is 0 Å². The zero-order chi connectivity index (χ0) is 21.5. The predicted molar refractivity (Wildman–Crippen MR) is 124 cm³/mol. The third kappa shape index (κ3) is 3.25. The van der Waals surface area contributed by atoms with Crippen LogP contribution < -0.4 is 4.90 Å². The van der Waals surface area contributed by atoms with E-state index in [4.69, 9.17) is 4.74 Å². The minimum atomic E-state index is -0.218. The molecule has 4 aromatic rings. The molecule has 7 heteroatoms. The van der Waals surface area contributed by atoms with Crippen molar-refractivity contribution >= 4 is 33.7 Å². The fourth-order valence-electron chi connectivity index (χ4n) is 5.32. The first-order valence-electron chi connectivity index (χ1n) is 11.2. The number of carbonyl (C=O) groups is 1. The summed E-state index contributed by atoms with van der Waals surface area (Å²) in [5.74, 6) is 0.954. The second-order valence-corrected chi connectivity index (χ2v) is 8.63. The van der Waals surface area contributed by atoms with Crippen molar-refractivity contribution in [1.82, 2.24) is 19.9 Å². The summed E-state index contributed by atoms with van der Waals surface area (Å²) in [4.78, 5) is 29.4. The van der Waals surface area contributed by atoms with Crippen molar-refractivity contribution in [3.05, 3.63) is 66.6 Å². The summed E-state index contributed by atoms with van der Waals surface area (Å²) >= 11 is 0. The smallest absolute Gasteiger partial charge is 0.410 e. The number of H-pyrrole nitrogens is 1. The Hall–Kier alpha value is -3.61. The van der Waals surface area contributed by atoms with Gasteiger partial charge in [-0.25, -0.2) is 14.8 Å². The molecular weight excluding hydrogens is 402 g/mol. The summed E-state index contributed by atoms with van der Waals surface area (Å²) < 4.78 is 5.76. The highest BCUT2D eigenvalue weighted by Crippen LogP contribution is 2.36. The van der Waals surface area contributed by atoms with Crippen LogP contribution >= 0.6 is 0 Å². The van der Waals surface area contributed by atoms with E-state index in [1.807, 2.05) is 35.4 Å². The third-order valence-electron chi connectivity index (χ3n) is 6.83. The largest absolute Gasteiger partial charge is 0.445 e. The molecule has 0 aliphatic carbocycles. The van der Waals surface area contributed by atoms with E-state index >= 15 is 0 Å². The number of aromatic nitrogens is 3. The number of amides is 1. The Balaban J connectivity index is 1.17. The molecule has 7 nitrogen and oxygen atoms in total. The zero-order valence-corrected chi connectivity index (χ0v) is 17.8. The molecule has 6 rings (SSSR count). The van der Waals surface area contributed by atoms with E-state index < -0.39 is 0 Å². The standard InChI is InChI=1S/C25H25N5O2/c31-25(32-15-17-7-8-18-4-1-2-5-19(18)14-17)30-12-3-6-21-22(30)10-13-29(21)24-20-9-11-26-23(20)27-16-28-24/h1-2,4-5,7-9,11,14,16,21-22H,3,6,10,12-13,15H2,(H,26,27,28). The van der Waals surface area contributed by atoms with Gasteiger partial charge in [-0.15, -0.1) is 0 Å². The van der Waals surface area contributed by atoms with Gasteiger partial charge in [-0.05, 0) is 47.7 Å². The number of nitrogens with one attached hydrogen (secondary N) is 1. The minimum absolute atomic E-state index is 0.150. The summed E-state index contributed by atoms with van der Waals surface area (Å²) in [5.41, 5.74) is 1.86. The lowest BCUT2D eigenvalue weighted by atomic mass is 9.97. The summed E-state index contributed by atoms with van der Waals surface area (Å²) in [6, 6.07) is 16.9. The molecule has 0 bridgehead atoms. The Morgan fingerprint density at radius 2 is 1.94 bits per heavy atom. The molecule has 1 amide bonds. The van der Waals surface area contributed by atoms with Crippen molar-refractivity contribution in [2.45, 2.75) is 38.0 Å². The number of nitrogens with zero attached hydrogens (tertiary/aromatic N) is 4. The topological polar surface area (TPSA) is 74.3 Å². The van der Waals surface area contributed by atoms with Crippen LogP contribution in [-0.4, -0.2) is 51.1 Å². The van der Waals surface area contributed by atoms with Gasteiger partial charge in [-0.1, -0.05) is 36.4 Å². The molecule has 32 heavy (non-hydrogen) atoms. The summed E-state index contributed by atoms with van der Waals surface area (Å²) in [6.07, 6.45) is 6.22. The van der Waals surface area contributed by atoms with Crippen LogP contribution in [0.5, 0.6) is 0 Å². The summed E-state index contributed by atoms with van der Waals surface area (Å²) in [6.45, 7) is 1.91. The number of aromatic amines is 1.